The summed E-state index contributed by atoms with van der Waals surface area (Å²) in [6.07, 6.45) is 22.5. The maximum absolute atomic E-state index is 2.69. The highest BCUT2D eigenvalue weighted by atomic mass is 15.1. The molecule has 0 aromatic rings. The van der Waals surface area contributed by atoms with Gasteiger partial charge in [0.05, 0.1) is 0 Å². The molecular formula is C23H37N. The zero-order chi connectivity index (χ0) is 16.4. The van der Waals surface area contributed by atoms with E-state index in [4.69, 9.17) is 0 Å². The number of likely N-dealkylation sites (tertiary alicyclic amines) is 1. The third-order valence-corrected chi connectivity index (χ3v) is 7.56. The van der Waals surface area contributed by atoms with E-state index < -0.39 is 0 Å². The first-order chi connectivity index (χ1) is 11.8. The van der Waals surface area contributed by atoms with Gasteiger partial charge in [-0.15, -0.1) is 0 Å². The molecule has 0 spiro atoms. The van der Waals surface area contributed by atoms with Crippen molar-refractivity contribution >= 4 is 0 Å². The van der Waals surface area contributed by atoms with E-state index in [1.807, 2.05) is 5.57 Å². The summed E-state index contributed by atoms with van der Waals surface area (Å²) in [4.78, 5) is 2.68. The fourth-order valence-electron chi connectivity index (χ4n) is 6.04. The second-order valence-corrected chi connectivity index (χ2v) is 9.07. The highest BCUT2D eigenvalue weighted by Gasteiger charge is 2.33. The first-order valence-corrected chi connectivity index (χ1v) is 11.0. The summed E-state index contributed by atoms with van der Waals surface area (Å²) < 4.78 is 0. The molecule has 1 nitrogen and oxygen atoms in total. The quantitative estimate of drug-likeness (QED) is 0.546. The maximum Gasteiger partial charge on any atom is 0.0175 e. The maximum atomic E-state index is 2.69. The molecule has 1 saturated carbocycles. The van der Waals surface area contributed by atoms with Crippen LogP contribution in [0.25, 0.3) is 0 Å². The molecule has 134 valence electrons. The lowest BCUT2D eigenvalue weighted by molar-refractivity contribution is 0.234. The summed E-state index contributed by atoms with van der Waals surface area (Å²) in [7, 11) is 0. The normalized spacial score (nSPS) is 37.0. The van der Waals surface area contributed by atoms with Gasteiger partial charge in [-0.2, -0.15) is 0 Å². The summed E-state index contributed by atoms with van der Waals surface area (Å²) in [6, 6.07) is 0. The number of nitrogens with zero attached hydrogens (tertiary/aromatic N) is 1. The molecule has 0 aromatic heterocycles. The Hall–Kier alpha value is -0.720. The molecule has 4 rings (SSSR count). The lowest BCUT2D eigenvalue weighted by Gasteiger charge is -2.40. The van der Waals surface area contributed by atoms with E-state index in [2.05, 4.69) is 24.0 Å². The highest BCUT2D eigenvalue weighted by molar-refractivity contribution is 5.18. The molecule has 1 aliphatic heterocycles. The van der Waals surface area contributed by atoms with E-state index in [9.17, 15) is 0 Å². The molecule has 0 radical (unpaired) electrons. The molecule has 1 heterocycles. The summed E-state index contributed by atoms with van der Waals surface area (Å²) in [5.74, 6) is 3.90. The molecule has 0 bridgehead atoms. The molecule has 2 unspecified atom stereocenters. The van der Waals surface area contributed by atoms with E-state index in [1.54, 1.807) is 5.70 Å². The van der Waals surface area contributed by atoms with Gasteiger partial charge in [-0.25, -0.2) is 0 Å². The first kappa shape index (κ1) is 16.7. The Morgan fingerprint density at radius 1 is 0.917 bits per heavy atom. The fraction of sp³-hybridized carbons (Fsp3) is 0.826. The van der Waals surface area contributed by atoms with Crippen LogP contribution in [0.2, 0.25) is 0 Å². The summed E-state index contributed by atoms with van der Waals surface area (Å²) in [5.41, 5.74) is 3.56. The molecule has 2 fully saturated rings. The molecule has 0 N–H and O–H groups in total. The van der Waals surface area contributed by atoms with Gasteiger partial charge in [-0.1, -0.05) is 37.5 Å². The molecule has 4 aliphatic rings. The topological polar surface area (TPSA) is 3.24 Å². The van der Waals surface area contributed by atoms with Gasteiger partial charge < -0.3 is 4.90 Å². The van der Waals surface area contributed by atoms with Gasteiger partial charge in [0, 0.05) is 18.8 Å². The van der Waals surface area contributed by atoms with E-state index in [1.165, 1.54) is 90.1 Å². The molecule has 2 atom stereocenters. The SMILES string of the molecule is CCCC1CCC(C2=CCC3CC(N4CCCC4)=CCC3C2)CC1. The van der Waals surface area contributed by atoms with Crippen LogP contribution in [0.4, 0.5) is 0 Å². The Balaban J connectivity index is 1.31. The predicted octanol–water partition coefficient (Wildman–Crippen LogP) is 6.32. The highest BCUT2D eigenvalue weighted by Crippen LogP contribution is 2.45. The molecular weight excluding hydrogens is 290 g/mol. The van der Waals surface area contributed by atoms with Gasteiger partial charge in [0.15, 0.2) is 0 Å². The van der Waals surface area contributed by atoms with Crippen LogP contribution in [0, 0.1) is 23.7 Å². The van der Waals surface area contributed by atoms with E-state index >= 15 is 0 Å². The van der Waals surface area contributed by atoms with Crippen molar-refractivity contribution in [2.24, 2.45) is 23.7 Å². The van der Waals surface area contributed by atoms with Crippen LogP contribution in [0.15, 0.2) is 23.4 Å². The molecule has 1 heteroatoms. The van der Waals surface area contributed by atoms with E-state index in [-0.39, 0.29) is 0 Å². The van der Waals surface area contributed by atoms with Crippen LogP contribution in [-0.2, 0) is 0 Å². The van der Waals surface area contributed by atoms with Crippen LogP contribution >= 0.6 is 0 Å². The van der Waals surface area contributed by atoms with Crippen molar-refractivity contribution in [3.8, 4) is 0 Å². The van der Waals surface area contributed by atoms with E-state index in [0.29, 0.717) is 0 Å². The van der Waals surface area contributed by atoms with Gasteiger partial charge in [-0.3, -0.25) is 0 Å². The fourth-order valence-corrected chi connectivity index (χ4v) is 6.04. The van der Waals surface area contributed by atoms with Crippen LogP contribution in [-0.4, -0.2) is 18.0 Å². The zero-order valence-electron chi connectivity index (χ0n) is 15.8. The van der Waals surface area contributed by atoms with Crippen molar-refractivity contribution in [3.63, 3.8) is 0 Å². The van der Waals surface area contributed by atoms with Crippen LogP contribution < -0.4 is 0 Å². The minimum Gasteiger partial charge on any atom is -0.375 e. The summed E-state index contributed by atoms with van der Waals surface area (Å²) >= 11 is 0. The van der Waals surface area contributed by atoms with E-state index in [0.717, 1.165) is 23.7 Å². The minimum absolute atomic E-state index is 0.947. The Kier molecular flexibility index (Phi) is 5.34. The van der Waals surface area contributed by atoms with Gasteiger partial charge in [0.1, 0.15) is 0 Å². The second kappa shape index (κ2) is 7.67. The Bertz CT molecular complexity index is 474. The number of allylic oxidation sites excluding steroid dienone is 4. The predicted molar refractivity (Wildman–Crippen MR) is 103 cm³/mol. The third-order valence-electron chi connectivity index (χ3n) is 7.56. The van der Waals surface area contributed by atoms with Crippen molar-refractivity contribution in [1.29, 1.82) is 0 Å². The molecule has 0 amide bonds. The second-order valence-electron chi connectivity index (χ2n) is 9.07. The first-order valence-electron chi connectivity index (χ1n) is 11.0. The lowest BCUT2D eigenvalue weighted by Crippen LogP contribution is -2.30. The molecule has 0 aromatic carbocycles. The van der Waals surface area contributed by atoms with Gasteiger partial charge in [0.25, 0.3) is 0 Å². The number of hydrogen-bond acceptors (Lipinski definition) is 1. The van der Waals surface area contributed by atoms with Crippen molar-refractivity contribution in [2.75, 3.05) is 13.1 Å². The lowest BCUT2D eigenvalue weighted by atomic mass is 9.67. The molecule has 24 heavy (non-hydrogen) atoms. The number of hydrogen-bond donors (Lipinski definition) is 0. The van der Waals surface area contributed by atoms with Crippen LogP contribution in [0.5, 0.6) is 0 Å². The monoisotopic (exact) mass is 327 g/mol. The zero-order valence-corrected chi connectivity index (χ0v) is 15.8. The molecule has 1 saturated heterocycles. The number of rotatable bonds is 4. The minimum atomic E-state index is 0.947. The van der Waals surface area contributed by atoms with Crippen molar-refractivity contribution in [2.45, 2.75) is 84.0 Å². The largest absolute Gasteiger partial charge is 0.375 e. The summed E-state index contributed by atoms with van der Waals surface area (Å²) in [6.45, 7) is 5.00. The third kappa shape index (κ3) is 3.60. The summed E-state index contributed by atoms with van der Waals surface area (Å²) in [5, 5.41) is 0. The van der Waals surface area contributed by atoms with Crippen LogP contribution in [0.3, 0.4) is 0 Å². The Labute approximate surface area is 149 Å². The Morgan fingerprint density at radius 3 is 2.38 bits per heavy atom. The average Bonchev–Trinajstić information content (AvgIpc) is 3.16. The molecule has 3 aliphatic carbocycles. The van der Waals surface area contributed by atoms with Crippen LogP contribution in [0.1, 0.15) is 84.0 Å². The standard InChI is InChI=1S/C23H37N/c1-2-5-18-6-8-19(9-7-18)20-10-11-22-17-23(13-12-21(22)16-20)24-14-3-4-15-24/h10,13,18-19,21-22H,2-9,11-12,14-17H2,1H3. The van der Waals surface area contributed by atoms with Gasteiger partial charge in [-0.05, 0) is 87.9 Å². The Morgan fingerprint density at radius 2 is 1.62 bits per heavy atom. The number of fused-ring (bicyclic) bond motifs is 1. The van der Waals surface area contributed by atoms with Gasteiger partial charge in [0.2, 0.25) is 0 Å². The average molecular weight is 328 g/mol. The van der Waals surface area contributed by atoms with Gasteiger partial charge >= 0.3 is 0 Å². The van der Waals surface area contributed by atoms with Crippen molar-refractivity contribution < 1.29 is 0 Å². The van der Waals surface area contributed by atoms with Crippen molar-refractivity contribution in [3.05, 3.63) is 23.4 Å². The van der Waals surface area contributed by atoms with Crippen molar-refractivity contribution in [1.82, 2.24) is 4.90 Å². The smallest absolute Gasteiger partial charge is 0.0175 e.